The number of benzene rings is 1. The topological polar surface area (TPSA) is 71.1 Å². The van der Waals surface area contributed by atoms with Gasteiger partial charge in [0, 0.05) is 19.0 Å². The Hall–Kier alpha value is -1.66. The largest absolute Gasteiger partial charge is 0.373 e. The van der Waals surface area contributed by atoms with Gasteiger partial charge in [-0.3, -0.25) is 0 Å². The Labute approximate surface area is 119 Å². The number of fused-ring (bicyclic) bond motifs is 1. The molecule has 0 radical (unpaired) electrons. The van der Waals surface area contributed by atoms with Crippen molar-refractivity contribution in [3.63, 3.8) is 0 Å². The minimum Gasteiger partial charge on any atom is -0.373 e. The summed E-state index contributed by atoms with van der Waals surface area (Å²) in [5.74, 6) is 1.02. The molecule has 20 heavy (non-hydrogen) atoms. The number of pyridine rings is 1. The summed E-state index contributed by atoms with van der Waals surface area (Å²) in [6, 6.07) is 8.62. The van der Waals surface area contributed by atoms with Gasteiger partial charge in [0.15, 0.2) is 0 Å². The van der Waals surface area contributed by atoms with Crippen LogP contribution in [0.5, 0.6) is 0 Å². The number of hydrogen-bond donors (Lipinski definition) is 2. The van der Waals surface area contributed by atoms with E-state index >= 15 is 0 Å². The Kier molecular flexibility index (Phi) is 4.25. The van der Waals surface area contributed by atoms with Crippen molar-refractivity contribution in [2.75, 3.05) is 18.9 Å². The molecule has 6 heteroatoms. The number of nitrogens with zero attached hydrogens (tertiary/aromatic N) is 1. The summed E-state index contributed by atoms with van der Waals surface area (Å²) in [4.78, 5) is 4.63. The Bertz CT molecular complexity index is 711. The van der Waals surface area contributed by atoms with E-state index in [-0.39, 0.29) is 10.8 Å². The van der Waals surface area contributed by atoms with Crippen molar-refractivity contribution in [2.24, 2.45) is 5.92 Å². The van der Waals surface area contributed by atoms with Gasteiger partial charge in [-0.2, -0.15) is 0 Å². The molecule has 2 N–H and O–H groups in total. The van der Waals surface area contributed by atoms with Crippen LogP contribution in [0.4, 0.5) is 5.82 Å². The fourth-order valence-electron chi connectivity index (χ4n) is 1.77. The number of aromatic nitrogens is 1. The van der Waals surface area contributed by atoms with Gasteiger partial charge in [0.1, 0.15) is 5.82 Å². The van der Waals surface area contributed by atoms with Crippen molar-refractivity contribution >= 4 is 26.7 Å². The number of sulfonamides is 1. The maximum absolute atomic E-state index is 12.2. The Balaban J connectivity index is 2.36. The Morgan fingerprint density at radius 3 is 2.60 bits per heavy atom. The first kappa shape index (κ1) is 14.7. The average Bonchev–Trinajstić information content (AvgIpc) is 2.44. The quantitative estimate of drug-likeness (QED) is 0.886. The summed E-state index contributed by atoms with van der Waals surface area (Å²) >= 11 is 0. The van der Waals surface area contributed by atoms with Gasteiger partial charge in [-0.1, -0.05) is 13.8 Å². The Morgan fingerprint density at radius 1 is 1.20 bits per heavy atom. The molecule has 0 atom stereocenters. The fourth-order valence-corrected chi connectivity index (χ4v) is 3.02. The van der Waals surface area contributed by atoms with Crippen molar-refractivity contribution in [2.45, 2.75) is 18.7 Å². The molecule has 0 amide bonds. The predicted molar refractivity (Wildman–Crippen MR) is 81.3 cm³/mol. The first-order valence-corrected chi connectivity index (χ1v) is 7.99. The van der Waals surface area contributed by atoms with Gasteiger partial charge in [-0.25, -0.2) is 18.1 Å². The normalized spacial score (nSPS) is 12.0. The van der Waals surface area contributed by atoms with Gasteiger partial charge in [0.2, 0.25) is 10.0 Å². The third-order valence-electron chi connectivity index (χ3n) is 2.91. The van der Waals surface area contributed by atoms with Crippen LogP contribution in [0.25, 0.3) is 10.9 Å². The van der Waals surface area contributed by atoms with E-state index in [1.54, 1.807) is 25.2 Å². The van der Waals surface area contributed by atoms with Gasteiger partial charge < -0.3 is 5.32 Å². The maximum atomic E-state index is 12.2. The van der Waals surface area contributed by atoms with Crippen molar-refractivity contribution in [3.8, 4) is 0 Å². The molecule has 2 aromatic rings. The summed E-state index contributed by atoms with van der Waals surface area (Å²) in [5.41, 5.74) is 0.764. The van der Waals surface area contributed by atoms with Crippen molar-refractivity contribution in [1.29, 1.82) is 0 Å². The highest BCUT2D eigenvalue weighted by Gasteiger charge is 2.14. The van der Waals surface area contributed by atoms with Crippen LogP contribution in [-0.4, -0.2) is 27.0 Å². The number of anilines is 1. The summed E-state index contributed by atoms with van der Waals surface area (Å²) in [6.07, 6.45) is 0. The summed E-state index contributed by atoms with van der Waals surface area (Å²) in [5, 5.41) is 3.76. The van der Waals surface area contributed by atoms with E-state index in [1.165, 1.54) is 0 Å². The van der Waals surface area contributed by atoms with Gasteiger partial charge >= 0.3 is 0 Å². The van der Waals surface area contributed by atoms with Gasteiger partial charge in [-0.15, -0.1) is 0 Å². The molecule has 0 aliphatic heterocycles. The molecule has 1 aromatic heterocycles. The van der Waals surface area contributed by atoms with Crippen LogP contribution < -0.4 is 10.0 Å². The van der Waals surface area contributed by atoms with Gasteiger partial charge in [-0.05, 0) is 36.2 Å². The summed E-state index contributed by atoms with van der Waals surface area (Å²) in [7, 11) is -1.66. The molecule has 2 rings (SSSR count). The van der Waals surface area contributed by atoms with Crippen molar-refractivity contribution in [3.05, 3.63) is 30.3 Å². The zero-order valence-electron chi connectivity index (χ0n) is 11.8. The molecule has 0 bridgehead atoms. The standard InChI is InChI=1S/C14H19N3O2S/c1-10(2)9-16-20(18,19)12-5-6-13-11(8-12)4-7-14(15-3)17-13/h4-8,10,16H,9H2,1-3H3,(H,15,17). The second kappa shape index (κ2) is 5.76. The first-order chi connectivity index (χ1) is 9.42. The SMILES string of the molecule is CNc1ccc2cc(S(=O)(=O)NCC(C)C)ccc2n1. The lowest BCUT2D eigenvalue weighted by molar-refractivity contribution is 0.560. The summed E-state index contributed by atoms with van der Waals surface area (Å²) in [6.45, 7) is 4.36. The lowest BCUT2D eigenvalue weighted by Crippen LogP contribution is -2.27. The van der Waals surface area contributed by atoms with Crippen molar-refractivity contribution < 1.29 is 8.42 Å². The molecule has 0 aliphatic carbocycles. The monoisotopic (exact) mass is 293 g/mol. The van der Waals surface area contributed by atoms with Crippen LogP contribution >= 0.6 is 0 Å². The summed E-state index contributed by atoms with van der Waals surface area (Å²) < 4.78 is 26.9. The minimum atomic E-state index is -3.46. The number of nitrogens with one attached hydrogen (secondary N) is 2. The molecule has 1 aromatic carbocycles. The van der Waals surface area contributed by atoms with Crippen LogP contribution in [0.2, 0.25) is 0 Å². The molecule has 108 valence electrons. The molecule has 0 spiro atoms. The zero-order valence-corrected chi connectivity index (χ0v) is 12.7. The zero-order chi connectivity index (χ0) is 14.8. The minimum absolute atomic E-state index is 0.268. The van der Waals surface area contributed by atoms with E-state index in [1.807, 2.05) is 26.0 Å². The molecular formula is C14H19N3O2S. The van der Waals surface area contributed by atoms with Crippen LogP contribution in [0, 0.1) is 5.92 Å². The lowest BCUT2D eigenvalue weighted by Gasteiger charge is -2.09. The van der Waals surface area contributed by atoms with E-state index in [0.717, 1.165) is 16.7 Å². The molecule has 0 saturated heterocycles. The Morgan fingerprint density at radius 2 is 1.95 bits per heavy atom. The maximum Gasteiger partial charge on any atom is 0.240 e. The second-order valence-electron chi connectivity index (χ2n) is 5.05. The van der Waals surface area contributed by atoms with E-state index in [2.05, 4.69) is 15.0 Å². The fraction of sp³-hybridized carbons (Fsp3) is 0.357. The number of rotatable bonds is 5. The van der Waals surface area contributed by atoms with Crippen LogP contribution in [0.3, 0.4) is 0 Å². The highest BCUT2D eigenvalue weighted by molar-refractivity contribution is 7.89. The molecule has 0 saturated carbocycles. The highest BCUT2D eigenvalue weighted by Crippen LogP contribution is 2.19. The molecule has 0 fully saturated rings. The molecule has 0 aliphatic rings. The van der Waals surface area contributed by atoms with E-state index in [0.29, 0.717) is 6.54 Å². The smallest absolute Gasteiger partial charge is 0.240 e. The third kappa shape index (κ3) is 3.26. The van der Waals surface area contributed by atoms with Gasteiger partial charge in [0.05, 0.1) is 10.4 Å². The molecule has 5 nitrogen and oxygen atoms in total. The predicted octanol–water partition coefficient (Wildman–Crippen LogP) is 2.21. The second-order valence-corrected chi connectivity index (χ2v) is 6.81. The van der Waals surface area contributed by atoms with E-state index < -0.39 is 10.0 Å². The van der Waals surface area contributed by atoms with Crippen LogP contribution in [0.1, 0.15) is 13.8 Å². The molecular weight excluding hydrogens is 274 g/mol. The number of hydrogen-bond acceptors (Lipinski definition) is 4. The van der Waals surface area contributed by atoms with E-state index in [4.69, 9.17) is 0 Å². The molecule has 1 heterocycles. The first-order valence-electron chi connectivity index (χ1n) is 6.50. The van der Waals surface area contributed by atoms with Crippen LogP contribution in [0.15, 0.2) is 35.2 Å². The third-order valence-corrected chi connectivity index (χ3v) is 4.33. The van der Waals surface area contributed by atoms with Gasteiger partial charge in [0.25, 0.3) is 0 Å². The average molecular weight is 293 g/mol. The highest BCUT2D eigenvalue weighted by atomic mass is 32.2. The van der Waals surface area contributed by atoms with Crippen molar-refractivity contribution in [1.82, 2.24) is 9.71 Å². The lowest BCUT2D eigenvalue weighted by atomic mass is 10.2. The van der Waals surface area contributed by atoms with Crippen LogP contribution in [-0.2, 0) is 10.0 Å². The van der Waals surface area contributed by atoms with E-state index in [9.17, 15) is 8.42 Å². The molecule has 0 unspecified atom stereocenters.